The van der Waals surface area contributed by atoms with Crippen LogP contribution >= 0.6 is 46.4 Å². The number of halogens is 4. The number of hydrogen-bond donors (Lipinski definition) is 1. The Kier molecular flexibility index (Phi) is 10.8. The van der Waals surface area contributed by atoms with Gasteiger partial charge in [-0.25, -0.2) is 0 Å². The Balaban J connectivity index is 0.000000191. The van der Waals surface area contributed by atoms with Crippen molar-refractivity contribution in [3.05, 3.63) is 67.6 Å². The molecule has 0 bridgehead atoms. The molecule has 188 valence electrons. The molecule has 2 aliphatic heterocycles. The van der Waals surface area contributed by atoms with Crippen molar-refractivity contribution in [2.24, 2.45) is 17.8 Å². The highest BCUT2D eigenvalue weighted by atomic mass is 35.5. The van der Waals surface area contributed by atoms with Crippen LogP contribution < -0.4 is 0 Å². The van der Waals surface area contributed by atoms with Crippen molar-refractivity contribution in [3.63, 3.8) is 0 Å². The van der Waals surface area contributed by atoms with E-state index in [0.29, 0.717) is 26.0 Å². The van der Waals surface area contributed by atoms with E-state index in [1.54, 1.807) is 0 Å². The molecule has 0 aliphatic carbocycles. The Labute approximate surface area is 224 Å². The second-order valence-corrected chi connectivity index (χ2v) is 11.7. The van der Waals surface area contributed by atoms with Gasteiger partial charge in [-0.15, -0.1) is 0 Å². The van der Waals surface area contributed by atoms with Crippen LogP contribution in [0.15, 0.2) is 36.4 Å². The molecule has 7 heteroatoms. The fourth-order valence-electron chi connectivity index (χ4n) is 5.02. The zero-order chi connectivity index (χ0) is 24.8. The lowest BCUT2D eigenvalue weighted by molar-refractivity contribution is 0.0326. The van der Waals surface area contributed by atoms with Gasteiger partial charge in [-0.1, -0.05) is 65.5 Å². The molecule has 2 aromatic rings. The summed E-state index contributed by atoms with van der Waals surface area (Å²) in [5, 5.41) is 12.5. The predicted octanol–water partition coefficient (Wildman–Crippen LogP) is 6.97. The second kappa shape index (κ2) is 13.1. The van der Waals surface area contributed by atoms with Crippen molar-refractivity contribution in [1.29, 1.82) is 0 Å². The lowest BCUT2D eigenvalue weighted by Gasteiger charge is -2.34. The molecule has 0 amide bonds. The van der Waals surface area contributed by atoms with Crippen LogP contribution in [0.2, 0.25) is 20.1 Å². The molecule has 1 N–H and O–H groups in total. The molecular formula is C27H36Cl4N2O. The van der Waals surface area contributed by atoms with Gasteiger partial charge in [-0.2, -0.15) is 0 Å². The molecule has 0 saturated carbocycles. The first kappa shape index (κ1) is 28.1. The maximum Gasteiger partial charge on any atom is 0.0698 e. The summed E-state index contributed by atoms with van der Waals surface area (Å²) in [5.74, 6) is 1.84. The summed E-state index contributed by atoms with van der Waals surface area (Å²) < 4.78 is 0. The molecule has 2 aliphatic rings. The zero-order valence-electron chi connectivity index (χ0n) is 20.3. The van der Waals surface area contributed by atoms with Crippen molar-refractivity contribution in [1.82, 2.24) is 9.80 Å². The topological polar surface area (TPSA) is 26.7 Å². The van der Waals surface area contributed by atoms with Gasteiger partial charge in [0.1, 0.15) is 0 Å². The van der Waals surface area contributed by atoms with Crippen molar-refractivity contribution in [2.75, 3.05) is 40.3 Å². The normalized spacial score (nSPS) is 26.1. The third-order valence-corrected chi connectivity index (χ3v) is 8.65. The van der Waals surface area contributed by atoms with E-state index in [1.165, 1.54) is 25.1 Å². The molecule has 2 saturated heterocycles. The van der Waals surface area contributed by atoms with Gasteiger partial charge in [0.2, 0.25) is 0 Å². The second-order valence-electron chi connectivity index (χ2n) is 10.1. The Hall–Kier alpha value is -0.520. The van der Waals surface area contributed by atoms with Gasteiger partial charge in [0.05, 0.1) is 26.2 Å². The van der Waals surface area contributed by atoms with Crippen LogP contribution in [0.25, 0.3) is 0 Å². The van der Waals surface area contributed by atoms with Crippen molar-refractivity contribution >= 4 is 46.4 Å². The maximum absolute atomic E-state index is 10.0. The fraction of sp³-hybridized carbons (Fsp3) is 0.556. The van der Waals surface area contributed by atoms with Crippen molar-refractivity contribution in [3.8, 4) is 0 Å². The highest BCUT2D eigenvalue weighted by Crippen LogP contribution is 2.29. The quantitative estimate of drug-likeness (QED) is 0.449. The van der Waals surface area contributed by atoms with Crippen LogP contribution in [0.1, 0.15) is 30.9 Å². The molecule has 0 spiro atoms. The Morgan fingerprint density at radius 3 is 1.68 bits per heavy atom. The third kappa shape index (κ3) is 8.27. The minimum absolute atomic E-state index is 0.247. The minimum Gasteiger partial charge on any atom is -0.391 e. The van der Waals surface area contributed by atoms with E-state index in [0.717, 1.165) is 49.8 Å². The number of benzene rings is 2. The van der Waals surface area contributed by atoms with E-state index in [2.05, 4.69) is 29.8 Å². The van der Waals surface area contributed by atoms with Crippen molar-refractivity contribution in [2.45, 2.75) is 38.7 Å². The average Bonchev–Trinajstić information content (AvgIpc) is 2.78. The molecule has 2 heterocycles. The smallest absolute Gasteiger partial charge is 0.0698 e. The van der Waals surface area contributed by atoms with E-state index < -0.39 is 0 Å². The number of piperidine rings is 2. The zero-order valence-corrected chi connectivity index (χ0v) is 23.3. The number of nitrogens with zero attached hydrogens (tertiary/aromatic N) is 2. The molecule has 3 nitrogen and oxygen atoms in total. The largest absolute Gasteiger partial charge is 0.391 e. The number of aliphatic hydroxyl groups excluding tert-OH is 1. The number of rotatable bonds is 4. The van der Waals surface area contributed by atoms with Crippen LogP contribution in [0.3, 0.4) is 0 Å². The van der Waals surface area contributed by atoms with Gasteiger partial charge >= 0.3 is 0 Å². The monoisotopic (exact) mass is 544 g/mol. The van der Waals surface area contributed by atoms with E-state index in [1.807, 2.05) is 37.4 Å². The van der Waals surface area contributed by atoms with Crippen LogP contribution in [-0.4, -0.2) is 61.3 Å². The Bertz CT molecular complexity index is 865. The fourth-order valence-corrected chi connectivity index (χ4v) is 5.66. The number of likely N-dealkylation sites (N-methyl/N-ethyl adjacent to an activating group) is 1. The Morgan fingerprint density at radius 2 is 1.21 bits per heavy atom. The van der Waals surface area contributed by atoms with E-state index in [9.17, 15) is 5.11 Å². The van der Waals surface area contributed by atoms with Gasteiger partial charge in [0, 0.05) is 13.1 Å². The predicted molar refractivity (Wildman–Crippen MR) is 147 cm³/mol. The molecule has 4 rings (SSSR count). The molecule has 34 heavy (non-hydrogen) atoms. The summed E-state index contributed by atoms with van der Waals surface area (Å²) in [6.45, 7) is 6.55. The first-order valence-electron chi connectivity index (χ1n) is 12.1. The minimum atomic E-state index is -0.247. The standard InChI is InChI=1S/C14H19Cl2N.C13H17Cl2NO/c1-10-9-17(2)6-5-12(10)7-11-3-4-13(15)14(16)8-11;1-16-5-4-10(13(17)8-16)6-9-2-3-11(14)12(15)7-9/h3-4,8,10,12H,5-7,9H2,1-2H3;2-3,7,10,13,17H,4-6,8H2,1H3/t10-,12?;10?,13-/m11/s1. The lowest BCUT2D eigenvalue weighted by atomic mass is 9.82. The molecule has 2 fully saturated rings. The highest BCUT2D eigenvalue weighted by Gasteiger charge is 2.26. The molecule has 0 radical (unpaired) electrons. The van der Waals surface area contributed by atoms with Gasteiger partial charge in [0.25, 0.3) is 0 Å². The van der Waals surface area contributed by atoms with Gasteiger partial charge in [-0.3, -0.25) is 0 Å². The number of aliphatic hydroxyl groups is 1. The SMILES string of the molecule is CN1CCC(Cc2ccc(Cl)c(Cl)c2)[C@H](O)C1.C[C@@H]1CN(C)CCC1Cc1ccc(Cl)c(Cl)c1. The van der Waals surface area contributed by atoms with Crippen LogP contribution in [0.5, 0.6) is 0 Å². The summed E-state index contributed by atoms with van der Waals surface area (Å²) in [6, 6.07) is 11.7. The number of β-amino-alcohol motifs (C(OH)–C–C–N with tert-alkyl or cyclic N) is 1. The van der Waals surface area contributed by atoms with Crippen molar-refractivity contribution < 1.29 is 5.11 Å². The van der Waals surface area contributed by atoms with Crippen LogP contribution in [-0.2, 0) is 12.8 Å². The first-order chi connectivity index (χ1) is 16.1. The third-order valence-electron chi connectivity index (χ3n) is 7.17. The molecule has 2 unspecified atom stereocenters. The van der Waals surface area contributed by atoms with Gasteiger partial charge in [-0.05, 0) is 106 Å². The summed E-state index contributed by atoms with van der Waals surface area (Å²) in [7, 11) is 4.24. The molecule has 2 aromatic carbocycles. The molecule has 0 aromatic heterocycles. The first-order valence-corrected chi connectivity index (χ1v) is 13.6. The summed E-state index contributed by atoms with van der Waals surface area (Å²) >= 11 is 23.9. The molecular weight excluding hydrogens is 510 g/mol. The lowest BCUT2D eigenvalue weighted by Crippen LogP contribution is -2.42. The summed E-state index contributed by atoms with van der Waals surface area (Å²) in [6.07, 6.45) is 4.04. The average molecular weight is 546 g/mol. The van der Waals surface area contributed by atoms with E-state index in [-0.39, 0.29) is 6.10 Å². The maximum atomic E-state index is 10.0. The molecule has 4 atom stereocenters. The highest BCUT2D eigenvalue weighted by molar-refractivity contribution is 6.42. The van der Waals surface area contributed by atoms with E-state index >= 15 is 0 Å². The number of hydrogen-bond acceptors (Lipinski definition) is 3. The summed E-state index contributed by atoms with van der Waals surface area (Å²) in [4.78, 5) is 4.58. The Morgan fingerprint density at radius 1 is 0.735 bits per heavy atom. The number of likely N-dealkylation sites (tertiary alicyclic amines) is 2. The van der Waals surface area contributed by atoms with Crippen LogP contribution in [0.4, 0.5) is 0 Å². The van der Waals surface area contributed by atoms with Gasteiger partial charge < -0.3 is 14.9 Å². The van der Waals surface area contributed by atoms with E-state index in [4.69, 9.17) is 46.4 Å². The van der Waals surface area contributed by atoms with Gasteiger partial charge in [0.15, 0.2) is 0 Å². The summed E-state index contributed by atoms with van der Waals surface area (Å²) in [5.41, 5.74) is 2.45. The van der Waals surface area contributed by atoms with Crippen LogP contribution in [0, 0.1) is 17.8 Å².